The number of ketones is 1. The molecule has 1 rings (SSSR count). The number of hydrogen-bond donors (Lipinski definition) is 0. The Morgan fingerprint density at radius 3 is 2.44 bits per heavy atom. The Balaban J connectivity index is 2.87. The second-order valence-corrected chi connectivity index (χ2v) is 4.36. The van der Waals surface area contributed by atoms with Crippen molar-refractivity contribution >= 4 is 5.78 Å². The third-order valence-corrected chi connectivity index (χ3v) is 3.45. The Labute approximate surface area is 96.1 Å². The van der Waals surface area contributed by atoms with E-state index in [1.54, 1.807) is 18.3 Å². The van der Waals surface area contributed by atoms with E-state index >= 15 is 0 Å². The summed E-state index contributed by atoms with van der Waals surface area (Å²) in [4.78, 5) is 23.6. The average Bonchev–Trinajstić information content (AvgIpc) is 2.31. The van der Waals surface area contributed by atoms with Crippen molar-refractivity contribution in [3.63, 3.8) is 0 Å². The molecule has 0 amide bonds. The first-order valence-electron chi connectivity index (χ1n) is 5.72. The normalized spacial score (nSPS) is 11.4. The van der Waals surface area contributed by atoms with E-state index in [2.05, 4.69) is 0 Å². The summed E-state index contributed by atoms with van der Waals surface area (Å²) < 4.78 is 1.46. The molecule has 88 valence electrons. The largest absolute Gasteiger partial charge is 0.308 e. The average molecular weight is 221 g/mol. The molecule has 0 unspecified atom stereocenters. The lowest BCUT2D eigenvalue weighted by atomic mass is 9.80. The number of carbonyl (C=O) groups is 1. The Bertz CT molecular complexity index is 416. The Morgan fingerprint density at radius 1 is 1.31 bits per heavy atom. The van der Waals surface area contributed by atoms with Gasteiger partial charge in [-0.3, -0.25) is 9.59 Å². The molecule has 0 radical (unpaired) electrons. The van der Waals surface area contributed by atoms with E-state index in [9.17, 15) is 9.59 Å². The van der Waals surface area contributed by atoms with Gasteiger partial charge in [0.25, 0.3) is 5.56 Å². The highest BCUT2D eigenvalue weighted by molar-refractivity contribution is 5.84. The fourth-order valence-corrected chi connectivity index (χ4v) is 1.58. The smallest absolute Gasteiger partial charge is 0.250 e. The molecule has 0 aliphatic carbocycles. The lowest BCUT2D eigenvalue weighted by molar-refractivity contribution is -0.129. The van der Waals surface area contributed by atoms with Crippen LogP contribution in [0.2, 0.25) is 0 Å². The summed E-state index contributed by atoms with van der Waals surface area (Å²) in [6, 6.07) is 4.93. The van der Waals surface area contributed by atoms with Crippen molar-refractivity contribution in [1.29, 1.82) is 0 Å². The van der Waals surface area contributed by atoms with E-state index < -0.39 is 0 Å². The first kappa shape index (κ1) is 12.7. The summed E-state index contributed by atoms with van der Waals surface area (Å²) in [5.41, 5.74) is -0.430. The molecule has 0 atom stereocenters. The van der Waals surface area contributed by atoms with Gasteiger partial charge in [0.15, 0.2) is 5.78 Å². The Morgan fingerprint density at radius 2 is 1.94 bits per heavy atom. The minimum atomic E-state index is -0.310. The van der Waals surface area contributed by atoms with Gasteiger partial charge in [-0.25, -0.2) is 0 Å². The van der Waals surface area contributed by atoms with Crippen LogP contribution < -0.4 is 5.56 Å². The molecule has 0 N–H and O–H groups in total. The lowest BCUT2D eigenvalue weighted by Crippen LogP contribution is -2.33. The van der Waals surface area contributed by atoms with Crippen LogP contribution in [0.4, 0.5) is 0 Å². The second kappa shape index (κ2) is 5.10. The predicted molar refractivity (Wildman–Crippen MR) is 64.4 cm³/mol. The molecule has 0 spiro atoms. The third kappa shape index (κ3) is 2.60. The second-order valence-electron chi connectivity index (χ2n) is 4.36. The first-order chi connectivity index (χ1) is 7.53. The van der Waals surface area contributed by atoms with Crippen molar-refractivity contribution in [3.8, 4) is 0 Å². The van der Waals surface area contributed by atoms with E-state index in [0.29, 0.717) is 0 Å². The summed E-state index contributed by atoms with van der Waals surface area (Å²) in [6.07, 6.45) is 3.28. The fraction of sp³-hybridized carbons (Fsp3) is 0.538. The highest BCUT2D eigenvalue weighted by Gasteiger charge is 2.28. The molecule has 16 heavy (non-hydrogen) atoms. The van der Waals surface area contributed by atoms with Crippen molar-refractivity contribution in [2.24, 2.45) is 5.41 Å². The third-order valence-electron chi connectivity index (χ3n) is 3.45. The SMILES string of the molecule is CCC(C)(CC)C(=O)Cn1ccccc1=O. The van der Waals surface area contributed by atoms with Gasteiger partial charge in [0.2, 0.25) is 0 Å². The fourth-order valence-electron chi connectivity index (χ4n) is 1.58. The van der Waals surface area contributed by atoms with E-state index in [1.807, 2.05) is 20.8 Å². The number of pyridine rings is 1. The van der Waals surface area contributed by atoms with Crippen LogP contribution >= 0.6 is 0 Å². The number of carbonyl (C=O) groups excluding carboxylic acids is 1. The van der Waals surface area contributed by atoms with E-state index in [0.717, 1.165) is 12.8 Å². The van der Waals surface area contributed by atoms with Crippen molar-refractivity contribution in [3.05, 3.63) is 34.7 Å². The van der Waals surface area contributed by atoms with Gasteiger partial charge in [-0.2, -0.15) is 0 Å². The maximum Gasteiger partial charge on any atom is 0.250 e. The van der Waals surface area contributed by atoms with Gasteiger partial charge in [-0.05, 0) is 18.9 Å². The molecule has 0 aliphatic rings. The summed E-state index contributed by atoms with van der Waals surface area (Å²) in [5, 5.41) is 0. The van der Waals surface area contributed by atoms with E-state index in [4.69, 9.17) is 0 Å². The summed E-state index contributed by atoms with van der Waals surface area (Å²) in [6.45, 7) is 6.16. The highest BCUT2D eigenvalue weighted by atomic mass is 16.1. The predicted octanol–water partition coefficient (Wildman–Crippen LogP) is 2.24. The molecule has 1 aromatic heterocycles. The van der Waals surface area contributed by atoms with Crippen LogP contribution in [-0.2, 0) is 11.3 Å². The van der Waals surface area contributed by atoms with Crippen LogP contribution in [0.3, 0.4) is 0 Å². The molecule has 0 fully saturated rings. The van der Waals surface area contributed by atoms with Crippen molar-refractivity contribution in [2.45, 2.75) is 40.2 Å². The molecule has 1 heterocycles. The van der Waals surface area contributed by atoms with Gasteiger partial charge in [0.05, 0.1) is 6.54 Å². The zero-order valence-electron chi connectivity index (χ0n) is 10.2. The topological polar surface area (TPSA) is 39.1 Å². The molecule has 0 bridgehead atoms. The highest BCUT2D eigenvalue weighted by Crippen LogP contribution is 2.26. The van der Waals surface area contributed by atoms with Gasteiger partial charge in [0.1, 0.15) is 0 Å². The standard InChI is InChI=1S/C13H19NO2/c1-4-13(3,5-2)11(15)10-14-9-7-6-8-12(14)16/h6-9H,4-5,10H2,1-3H3. The van der Waals surface area contributed by atoms with E-state index in [-0.39, 0.29) is 23.3 Å². The van der Waals surface area contributed by atoms with Crippen molar-refractivity contribution in [2.75, 3.05) is 0 Å². The summed E-state index contributed by atoms with van der Waals surface area (Å²) in [5.74, 6) is 0.130. The zero-order valence-corrected chi connectivity index (χ0v) is 10.2. The number of Topliss-reactive ketones (excluding diaryl/α,β-unsaturated/α-hetero) is 1. The minimum absolute atomic E-state index is 0.120. The van der Waals surface area contributed by atoms with Crippen LogP contribution in [-0.4, -0.2) is 10.4 Å². The van der Waals surface area contributed by atoms with Gasteiger partial charge >= 0.3 is 0 Å². The molecule has 1 aromatic rings. The number of nitrogens with zero attached hydrogens (tertiary/aromatic N) is 1. The van der Waals surface area contributed by atoms with Gasteiger partial charge in [0, 0.05) is 17.7 Å². The number of rotatable bonds is 5. The Kier molecular flexibility index (Phi) is 4.05. The summed E-state index contributed by atoms with van der Waals surface area (Å²) >= 11 is 0. The molecule has 0 aromatic carbocycles. The van der Waals surface area contributed by atoms with Gasteiger partial charge in [-0.15, -0.1) is 0 Å². The first-order valence-corrected chi connectivity index (χ1v) is 5.72. The number of aromatic nitrogens is 1. The zero-order chi connectivity index (χ0) is 12.2. The number of hydrogen-bond acceptors (Lipinski definition) is 2. The minimum Gasteiger partial charge on any atom is -0.308 e. The van der Waals surface area contributed by atoms with Crippen LogP contribution in [0.1, 0.15) is 33.6 Å². The van der Waals surface area contributed by atoms with E-state index in [1.165, 1.54) is 10.6 Å². The van der Waals surface area contributed by atoms with Crippen molar-refractivity contribution in [1.82, 2.24) is 4.57 Å². The molecule has 0 saturated carbocycles. The molecule has 3 nitrogen and oxygen atoms in total. The lowest BCUT2D eigenvalue weighted by Gasteiger charge is -2.25. The maximum absolute atomic E-state index is 12.1. The molecule has 0 aliphatic heterocycles. The van der Waals surface area contributed by atoms with Gasteiger partial charge in [-0.1, -0.05) is 26.8 Å². The van der Waals surface area contributed by atoms with Crippen molar-refractivity contribution < 1.29 is 4.79 Å². The summed E-state index contributed by atoms with van der Waals surface area (Å²) in [7, 11) is 0. The van der Waals surface area contributed by atoms with Crippen LogP contribution in [0.5, 0.6) is 0 Å². The monoisotopic (exact) mass is 221 g/mol. The van der Waals surface area contributed by atoms with Gasteiger partial charge < -0.3 is 4.57 Å². The quantitative estimate of drug-likeness (QED) is 0.765. The molecule has 0 saturated heterocycles. The maximum atomic E-state index is 12.1. The molecule has 3 heteroatoms. The molecular formula is C13H19NO2. The Hall–Kier alpha value is -1.38. The molecular weight excluding hydrogens is 202 g/mol. The van der Waals surface area contributed by atoms with Crippen LogP contribution in [0.15, 0.2) is 29.2 Å². The van der Waals surface area contributed by atoms with Crippen LogP contribution in [0, 0.1) is 5.41 Å². The van der Waals surface area contributed by atoms with Crippen LogP contribution in [0.25, 0.3) is 0 Å².